The van der Waals surface area contributed by atoms with Crippen LogP contribution in [-0.2, 0) is 4.74 Å². The van der Waals surface area contributed by atoms with E-state index in [0.717, 1.165) is 0 Å². The highest BCUT2D eigenvalue weighted by atomic mass is 16.6. The van der Waals surface area contributed by atoms with Crippen LogP contribution in [0.15, 0.2) is 0 Å². The Labute approximate surface area is 96.0 Å². The van der Waals surface area contributed by atoms with Gasteiger partial charge in [0.15, 0.2) is 0 Å². The van der Waals surface area contributed by atoms with E-state index in [1.807, 2.05) is 0 Å². The minimum atomic E-state index is -0.676. The van der Waals surface area contributed by atoms with Crippen molar-refractivity contribution >= 4 is 6.09 Å². The molecule has 5 heteroatoms. The van der Waals surface area contributed by atoms with Gasteiger partial charge in [-0.25, -0.2) is 4.79 Å². The summed E-state index contributed by atoms with van der Waals surface area (Å²) in [6.45, 7) is 6.05. The van der Waals surface area contributed by atoms with E-state index in [4.69, 9.17) is 4.74 Å². The van der Waals surface area contributed by atoms with Crippen LogP contribution >= 0.6 is 0 Å². The van der Waals surface area contributed by atoms with Crippen molar-refractivity contribution < 1.29 is 19.7 Å². The van der Waals surface area contributed by atoms with E-state index in [2.05, 4.69) is 0 Å². The van der Waals surface area contributed by atoms with Crippen LogP contribution in [0.25, 0.3) is 0 Å². The summed E-state index contributed by atoms with van der Waals surface area (Å²) in [6.07, 6.45) is -0.844. The van der Waals surface area contributed by atoms with E-state index in [0.29, 0.717) is 19.4 Å². The van der Waals surface area contributed by atoms with E-state index >= 15 is 0 Å². The van der Waals surface area contributed by atoms with Crippen LogP contribution in [0, 0.1) is 0 Å². The summed E-state index contributed by atoms with van der Waals surface area (Å²) in [5, 5.41) is 19.0. The Kier molecular flexibility index (Phi) is 4.15. The molecule has 0 aromatic rings. The minimum absolute atomic E-state index is 0.228. The number of β-amino-alcohol motifs (C(OH)–C–C–N with tert-alkyl or cyclic N) is 1. The molecule has 1 amide bonds. The van der Waals surface area contributed by atoms with Gasteiger partial charge in [0.25, 0.3) is 0 Å². The van der Waals surface area contributed by atoms with E-state index in [-0.39, 0.29) is 6.54 Å². The van der Waals surface area contributed by atoms with Crippen LogP contribution in [0.5, 0.6) is 0 Å². The molecule has 1 aliphatic heterocycles. The van der Waals surface area contributed by atoms with Crippen LogP contribution < -0.4 is 0 Å². The van der Waals surface area contributed by atoms with Crippen LogP contribution in [0.4, 0.5) is 4.79 Å². The molecule has 0 saturated carbocycles. The van der Waals surface area contributed by atoms with Gasteiger partial charge in [0.2, 0.25) is 0 Å². The molecular formula is C11H21NO4. The zero-order valence-corrected chi connectivity index (χ0v) is 10.1. The fourth-order valence-corrected chi connectivity index (χ4v) is 1.65. The van der Waals surface area contributed by atoms with E-state index in [1.165, 1.54) is 4.90 Å². The number of rotatable bonds is 0. The van der Waals surface area contributed by atoms with E-state index in [1.54, 1.807) is 20.8 Å². The number of carbonyl (C=O) groups is 1. The molecule has 0 aromatic carbocycles. The molecule has 2 atom stereocenters. The molecule has 16 heavy (non-hydrogen) atoms. The molecule has 0 aliphatic carbocycles. The lowest BCUT2D eigenvalue weighted by Crippen LogP contribution is -2.40. The summed E-state index contributed by atoms with van der Waals surface area (Å²) in [5.74, 6) is 0. The van der Waals surface area contributed by atoms with Gasteiger partial charge in [-0.15, -0.1) is 0 Å². The zero-order chi connectivity index (χ0) is 12.3. The van der Waals surface area contributed by atoms with Crippen LogP contribution in [0.1, 0.15) is 33.6 Å². The first kappa shape index (κ1) is 13.3. The number of hydrogen-bond acceptors (Lipinski definition) is 4. The molecule has 0 aromatic heterocycles. The predicted molar refractivity (Wildman–Crippen MR) is 59.1 cm³/mol. The standard InChI is InChI=1S/C11H21NO4/c1-11(2,3)16-10(15)12-5-4-8(13)6-9(14)7-12/h8-9,13-14H,4-7H2,1-3H3/t8-,9-/m0/s1. The van der Waals surface area contributed by atoms with Crippen molar-refractivity contribution in [2.24, 2.45) is 0 Å². The first-order valence-electron chi connectivity index (χ1n) is 5.62. The Bertz CT molecular complexity index is 249. The second-order valence-electron chi connectivity index (χ2n) is 5.26. The Balaban J connectivity index is 2.55. The van der Waals surface area contributed by atoms with Crippen molar-refractivity contribution in [3.05, 3.63) is 0 Å². The van der Waals surface area contributed by atoms with Gasteiger partial charge in [0.1, 0.15) is 5.60 Å². The lowest BCUT2D eigenvalue weighted by atomic mass is 10.1. The van der Waals surface area contributed by atoms with Crippen LogP contribution in [0.2, 0.25) is 0 Å². The van der Waals surface area contributed by atoms with E-state index in [9.17, 15) is 15.0 Å². The highest BCUT2D eigenvalue weighted by molar-refractivity contribution is 5.68. The number of amides is 1. The average molecular weight is 231 g/mol. The van der Waals surface area contributed by atoms with Crippen LogP contribution in [0.3, 0.4) is 0 Å². The number of carbonyl (C=O) groups excluding carboxylic acids is 1. The third-order valence-corrected chi connectivity index (χ3v) is 2.36. The monoisotopic (exact) mass is 231 g/mol. The van der Waals surface area contributed by atoms with Gasteiger partial charge in [-0.2, -0.15) is 0 Å². The van der Waals surface area contributed by atoms with Gasteiger partial charge in [-0.1, -0.05) is 0 Å². The smallest absolute Gasteiger partial charge is 0.410 e. The molecule has 1 aliphatic rings. The van der Waals surface area contributed by atoms with Crippen molar-refractivity contribution in [2.75, 3.05) is 13.1 Å². The lowest BCUT2D eigenvalue weighted by molar-refractivity contribution is 0.0171. The average Bonchev–Trinajstić information content (AvgIpc) is 2.23. The molecule has 0 spiro atoms. The molecule has 94 valence electrons. The fourth-order valence-electron chi connectivity index (χ4n) is 1.65. The first-order chi connectivity index (χ1) is 7.28. The first-order valence-corrected chi connectivity index (χ1v) is 5.62. The molecule has 1 heterocycles. The number of aliphatic hydroxyl groups is 2. The molecule has 2 N–H and O–H groups in total. The number of hydrogen-bond donors (Lipinski definition) is 2. The van der Waals surface area contributed by atoms with Gasteiger partial charge in [0, 0.05) is 13.0 Å². The minimum Gasteiger partial charge on any atom is -0.444 e. The van der Waals surface area contributed by atoms with Crippen molar-refractivity contribution in [3.63, 3.8) is 0 Å². The SMILES string of the molecule is CC(C)(C)OC(=O)N1CC[C@H](O)C[C@H](O)C1. The van der Waals surface area contributed by atoms with Crippen molar-refractivity contribution in [1.29, 1.82) is 0 Å². The number of likely N-dealkylation sites (tertiary alicyclic amines) is 1. The summed E-state index contributed by atoms with van der Waals surface area (Å²) in [6, 6.07) is 0. The second kappa shape index (κ2) is 5.01. The molecule has 1 fully saturated rings. The van der Waals surface area contributed by atoms with Gasteiger partial charge in [-0.05, 0) is 27.2 Å². The Morgan fingerprint density at radius 1 is 1.31 bits per heavy atom. The molecular weight excluding hydrogens is 210 g/mol. The molecule has 1 saturated heterocycles. The van der Waals surface area contributed by atoms with E-state index < -0.39 is 23.9 Å². The Hall–Kier alpha value is -0.810. The van der Waals surface area contributed by atoms with Gasteiger partial charge < -0.3 is 19.8 Å². The summed E-state index contributed by atoms with van der Waals surface area (Å²) in [5.41, 5.74) is -0.535. The maximum atomic E-state index is 11.7. The van der Waals surface area contributed by atoms with Crippen molar-refractivity contribution in [3.8, 4) is 0 Å². The number of nitrogens with zero attached hydrogens (tertiary/aromatic N) is 1. The summed E-state index contributed by atoms with van der Waals surface area (Å²) >= 11 is 0. The topological polar surface area (TPSA) is 70.0 Å². The highest BCUT2D eigenvalue weighted by Crippen LogP contribution is 2.15. The summed E-state index contributed by atoms with van der Waals surface area (Å²) < 4.78 is 5.21. The summed E-state index contributed by atoms with van der Waals surface area (Å²) in [7, 11) is 0. The van der Waals surface area contributed by atoms with Gasteiger partial charge >= 0.3 is 6.09 Å². The maximum Gasteiger partial charge on any atom is 0.410 e. The molecule has 5 nitrogen and oxygen atoms in total. The molecule has 0 bridgehead atoms. The number of ether oxygens (including phenoxy) is 1. The largest absolute Gasteiger partial charge is 0.444 e. The zero-order valence-electron chi connectivity index (χ0n) is 10.1. The molecule has 0 radical (unpaired) electrons. The highest BCUT2D eigenvalue weighted by Gasteiger charge is 2.27. The lowest BCUT2D eigenvalue weighted by Gasteiger charge is -2.27. The predicted octanol–water partition coefficient (Wildman–Crippen LogP) is 0.739. The quantitative estimate of drug-likeness (QED) is 0.645. The third-order valence-electron chi connectivity index (χ3n) is 2.36. The molecule has 1 rings (SSSR count). The third kappa shape index (κ3) is 4.37. The van der Waals surface area contributed by atoms with Crippen molar-refractivity contribution in [1.82, 2.24) is 4.90 Å². The maximum absolute atomic E-state index is 11.7. The fraction of sp³-hybridized carbons (Fsp3) is 0.909. The summed E-state index contributed by atoms with van der Waals surface area (Å²) in [4.78, 5) is 13.2. The van der Waals surface area contributed by atoms with Crippen molar-refractivity contribution in [2.45, 2.75) is 51.4 Å². The second-order valence-corrected chi connectivity index (χ2v) is 5.26. The number of aliphatic hydroxyl groups excluding tert-OH is 2. The molecule has 0 unspecified atom stereocenters. The normalized spacial score (nSPS) is 27.4. The Morgan fingerprint density at radius 2 is 1.94 bits per heavy atom. The Morgan fingerprint density at radius 3 is 2.50 bits per heavy atom. The van der Waals surface area contributed by atoms with Crippen LogP contribution in [-0.4, -0.2) is 52.1 Å². The van der Waals surface area contributed by atoms with Gasteiger partial charge in [-0.3, -0.25) is 0 Å². The van der Waals surface area contributed by atoms with Gasteiger partial charge in [0.05, 0.1) is 18.8 Å².